The van der Waals surface area contributed by atoms with E-state index < -0.39 is 10.0 Å². The third kappa shape index (κ3) is 3.75. The van der Waals surface area contributed by atoms with E-state index >= 15 is 0 Å². The second-order valence-corrected chi connectivity index (χ2v) is 7.60. The van der Waals surface area contributed by atoms with Gasteiger partial charge in [0.15, 0.2) is 0 Å². The highest BCUT2D eigenvalue weighted by Crippen LogP contribution is 2.24. The normalized spacial score (nSPS) is 24.2. The first-order valence-corrected chi connectivity index (χ1v) is 8.65. The van der Waals surface area contributed by atoms with Gasteiger partial charge in [-0.15, -0.1) is 0 Å². The highest BCUT2D eigenvalue weighted by molar-refractivity contribution is 7.89. The SMILES string of the molecule is CC(C)Oc1ccc(S(=O)(=O)N2CC(C)OCC2C)cc1. The third-order valence-electron chi connectivity index (χ3n) is 3.35. The summed E-state index contributed by atoms with van der Waals surface area (Å²) in [5.41, 5.74) is 0. The molecule has 0 bridgehead atoms. The molecule has 2 unspecified atom stereocenters. The molecule has 1 aliphatic rings. The maximum atomic E-state index is 12.7. The number of hydrogen-bond donors (Lipinski definition) is 0. The lowest BCUT2D eigenvalue weighted by atomic mass is 10.2. The van der Waals surface area contributed by atoms with E-state index in [9.17, 15) is 8.42 Å². The van der Waals surface area contributed by atoms with Crippen LogP contribution in [0.25, 0.3) is 0 Å². The smallest absolute Gasteiger partial charge is 0.243 e. The molecule has 0 spiro atoms. The molecule has 1 aromatic carbocycles. The Labute approximate surface area is 126 Å². The van der Waals surface area contributed by atoms with Gasteiger partial charge in [-0.1, -0.05) is 0 Å². The van der Waals surface area contributed by atoms with Crippen molar-refractivity contribution >= 4 is 10.0 Å². The van der Waals surface area contributed by atoms with Crippen LogP contribution in [0.15, 0.2) is 29.2 Å². The van der Waals surface area contributed by atoms with Gasteiger partial charge in [-0.05, 0) is 52.0 Å². The van der Waals surface area contributed by atoms with Gasteiger partial charge in [0.2, 0.25) is 10.0 Å². The van der Waals surface area contributed by atoms with E-state index in [1.54, 1.807) is 24.3 Å². The average Bonchev–Trinajstić information content (AvgIpc) is 2.41. The monoisotopic (exact) mass is 313 g/mol. The lowest BCUT2D eigenvalue weighted by molar-refractivity contribution is -0.0170. The topological polar surface area (TPSA) is 55.8 Å². The van der Waals surface area contributed by atoms with E-state index in [-0.39, 0.29) is 18.2 Å². The van der Waals surface area contributed by atoms with E-state index in [0.29, 0.717) is 23.8 Å². The fraction of sp³-hybridized carbons (Fsp3) is 0.600. The second-order valence-electron chi connectivity index (χ2n) is 5.71. The molecular weight excluding hydrogens is 290 g/mol. The zero-order chi connectivity index (χ0) is 15.6. The van der Waals surface area contributed by atoms with Gasteiger partial charge >= 0.3 is 0 Å². The molecule has 0 aliphatic carbocycles. The summed E-state index contributed by atoms with van der Waals surface area (Å²) in [5.74, 6) is 0.673. The van der Waals surface area contributed by atoms with Crippen LogP contribution < -0.4 is 4.74 Å². The summed E-state index contributed by atoms with van der Waals surface area (Å²) in [4.78, 5) is 0.291. The van der Waals surface area contributed by atoms with E-state index in [2.05, 4.69) is 0 Å². The van der Waals surface area contributed by atoms with E-state index in [1.165, 1.54) is 4.31 Å². The van der Waals surface area contributed by atoms with Crippen molar-refractivity contribution in [3.05, 3.63) is 24.3 Å². The summed E-state index contributed by atoms with van der Waals surface area (Å²) in [5, 5.41) is 0. The summed E-state index contributed by atoms with van der Waals surface area (Å²) >= 11 is 0. The van der Waals surface area contributed by atoms with Crippen LogP contribution in [0.2, 0.25) is 0 Å². The van der Waals surface area contributed by atoms with Gasteiger partial charge < -0.3 is 9.47 Å². The number of ether oxygens (including phenoxy) is 2. The zero-order valence-electron chi connectivity index (χ0n) is 12.9. The van der Waals surface area contributed by atoms with Crippen molar-refractivity contribution in [3.63, 3.8) is 0 Å². The van der Waals surface area contributed by atoms with E-state index in [0.717, 1.165) is 0 Å². The summed E-state index contributed by atoms with van der Waals surface area (Å²) in [6.07, 6.45) is -0.0212. The summed E-state index contributed by atoms with van der Waals surface area (Å²) in [6.45, 7) is 8.42. The van der Waals surface area contributed by atoms with Crippen molar-refractivity contribution < 1.29 is 17.9 Å². The van der Waals surface area contributed by atoms with E-state index in [4.69, 9.17) is 9.47 Å². The van der Waals surface area contributed by atoms with Gasteiger partial charge in [-0.2, -0.15) is 4.31 Å². The van der Waals surface area contributed by atoms with Crippen molar-refractivity contribution in [1.82, 2.24) is 4.31 Å². The number of benzene rings is 1. The molecule has 1 saturated heterocycles. The largest absolute Gasteiger partial charge is 0.491 e. The number of nitrogens with zero attached hydrogens (tertiary/aromatic N) is 1. The first-order chi connectivity index (χ1) is 9.80. The Bertz CT molecular complexity index is 568. The minimum Gasteiger partial charge on any atom is -0.491 e. The van der Waals surface area contributed by atoms with Gasteiger partial charge in [0.25, 0.3) is 0 Å². The van der Waals surface area contributed by atoms with Gasteiger partial charge in [0, 0.05) is 12.6 Å². The van der Waals surface area contributed by atoms with Gasteiger partial charge in [0.05, 0.1) is 23.7 Å². The fourth-order valence-electron chi connectivity index (χ4n) is 2.31. The molecule has 5 nitrogen and oxygen atoms in total. The van der Waals surface area contributed by atoms with Gasteiger partial charge in [-0.3, -0.25) is 0 Å². The predicted molar refractivity (Wildman–Crippen MR) is 81.0 cm³/mol. The molecule has 1 heterocycles. The zero-order valence-corrected chi connectivity index (χ0v) is 13.8. The van der Waals surface area contributed by atoms with Crippen molar-refractivity contribution in [2.24, 2.45) is 0 Å². The first kappa shape index (κ1) is 16.3. The van der Waals surface area contributed by atoms with Crippen LogP contribution in [0, 0.1) is 0 Å². The van der Waals surface area contributed by atoms with Crippen LogP contribution in [-0.2, 0) is 14.8 Å². The minimum absolute atomic E-state index is 0.0626. The fourth-order valence-corrected chi connectivity index (χ4v) is 4.00. The van der Waals surface area contributed by atoms with Gasteiger partial charge in [0.1, 0.15) is 5.75 Å². The number of rotatable bonds is 4. The molecule has 21 heavy (non-hydrogen) atoms. The van der Waals surface area contributed by atoms with Crippen LogP contribution in [0.4, 0.5) is 0 Å². The highest BCUT2D eigenvalue weighted by Gasteiger charge is 2.34. The number of morpholine rings is 1. The standard InChI is InChI=1S/C15H23NO4S/c1-11(2)20-14-5-7-15(8-6-14)21(17,18)16-9-13(4)19-10-12(16)3/h5-8,11-13H,9-10H2,1-4H3. The Morgan fingerprint density at radius 1 is 1.24 bits per heavy atom. The Kier molecular flexibility index (Phi) is 4.91. The number of sulfonamides is 1. The third-order valence-corrected chi connectivity index (χ3v) is 5.35. The van der Waals surface area contributed by atoms with Crippen LogP contribution in [0.3, 0.4) is 0 Å². The second kappa shape index (κ2) is 6.34. The van der Waals surface area contributed by atoms with Crippen LogP contribution in [0.5, 0.6) is 5.75 Å². The molecule has 2 atom stereocenters. The van der Waals surface area contributed by atoms with Crippen molar-refractivity contribution in [2.75, 3.05) is 13.2 Å². The summed E-state index contributed by atoms with van der Waals surface area (Å²) in [6, 6.07) is 6.43. The number of hydrogen-bond acceptors (Lipinski definition) is 4. The highest BCUT2D eigenvalue weighted by atomic mass is 32.2. The Morgan fingerprint density at radius 2 is 1.86 bits per heavy atom. The maximum Gasteiger partial charge on any atom is 0.243 e. The average molecular weight is 313 g/mol. The minimum atomic E-state index is -3.49. The Morgan fingerprint density at radius 3 is 2.43 bits per heavy atom. The first-order valence-electron chi connectivity index (χ1n) is 7.21. The molecule has 0 amide bonds. The van der Waals surface area contributed by atoms with Crippen molar-refractivity contribution in [2.45, 2.75) is 50.8 Å². The molecular formula is C15H23NO4S. The molecule has 0 saturated carbocycles. The molecule has 1 aliphatic heterocycles. The maximum absolute atomic E-state index is 12.7. The lowest BCUT2D eigenvalue weighted by Gasteiger charge is -2.35. The van der Waals surface area contributed by atoms with Crippen LogP contribution in [-0.4, -0.2) is 44.1 Å². The van der Waals surface area contributed by atoms with Crippen molar-refractivity contribution in [1.29, 1.82) is 0 Å². The summed E-state index contributed by atoms with van der Waals surface area (Å²) < 4.78 is 38.0. The molecule has 0 aromatic heterocycles. The Balaban J connectivity index is 2.22. The lowest BCUT2D eigenvalue weighted by Crippen LogP contribution is -2.50. The Hall–Kier alpha value is -1.11. The van der Waals surface area contributed by atoms with E-state index in [1.807, 2.05) is 27.7 Å². The van der Waals surface area contributed by atoms with Gasteiger partial charge in [-0.25, -0.2) is 8.42 Å². The quantitative estimate of drug-likeness (QED) is 0.855. The molecule has 118 valence electrons. The van der Waals surface area contributed by atoms with Crippen LogP contribution >= 0.6 is 0 Å². The molecule has 0 N–H and O–H groups in total. The molecule has 6 heteroatoms. The predicted octanol–water partition coefficient (Wildman–Crippen LogP) is 2.27. The van der Waals surface area contributed by atoms with Crippen molar-refractivity contribution in [3.8, 4) is 5.75 Å². The molecule has 2 rings (SSSR count). The van der Waals surface area contributed by atoms with Crippen LogP contribution in [0.1, 0.15) is 27.7 Å². The molecule has 0 radical (unpaired) electrons. The summed E-state index contributed by atoms with van der Waals surface area (Å²) in [7, 11) is -3.49. The molecule has 1 aromatic rings. The molecule has 1 fully saturated rings.